The van der Waals surface area contributed by atoms with E-state index in [0.29, 0.717) is 29.4 Å². The molecule has 1 aliphatic rings. The van der Waals surface area contributed by atoms with Crippen LogP contribution in [0.15, 0.2) is 18.3 Å². The van der Waals surface area contributed by atoms with Crippen molar-refractivity contribution >= 4 is 27.1 Å². The molecule has 0 radical (unpaired) electrons. The summed E-state index contributed by atoms with van der Waals surface area (Å²) in [6.07, 6.45) is 4.04. The highest BCUT2D eigenvalue weighted by Gasteiger charge is 2.25. The van der Waals surface area contributed by atoms with Gasteiger partial charge in [-0.1, -0.05) is 11.6 Å². The van der Waals surface area contributed by atoms with Crippen LogP contribution < -0.4 is 0 Å². The molecule has 1 aliphatic heterocycles. The van der Waals surface area contributed by atoms with Crippen molar-refractivity contribution in [2.45, 2.75) is 19.3 Å². The van der Waals surface area contributed by atoms with Crippen LogP contribution in [0.4, 0.5) is 0 Å². The maximum Gasteiger partial charge on any atom is 0.179 e. The molecule has 19 heavy (non-hydrogen) atoms. The van der Waals surface area contributed by atoms with Gasteiger partial charge in [0.25, 0.3) is 0 Å². The summed E-state index contributed by atoms with van der Waals surface area (Å²) in [6, 6.07) is 3.63. The summed E-state index contributed by atoms with van der Waals surface area (Å²) in [5, 5.41) is 8.82. The monoisotopic (exact) mass is 299 g/mol. The maximum atomic E-state index is 11.4. The standard InChI is InChI=1S/C12H14ClN3O2S/c13-10-2-1-5-16-11(14-15-12(10)16)8-9-3-6-19(17,18)7-4-9/h1-2,5,9H,3-4,6-8H2. The minimum absolute atomic E-state index is 0.287. The summed E-state index contributed by atoms with van der Waals surface area (Å²) in [4.78, 5) is 0. The molecule has 0 N–H and O–H groups in total. The van der Waals surface area contributed by atoms with Crippen LogP contribution in [0, 0.1) is 5.92 Å². The number of hydrogen-bond donors (Lipinski definition) is 0. The van der Waals surface area contributed by atoms with E-state index < -0.39 is 9.84 Å². The van der Waals surface area contributed by atoms with Crippen molar-refractivity contribution in [1.29, 1.82) is 0 Å². The average molecular weight is 300 g/mol. The summed E-state index contributed by atoms with van der Waals surface area (Å²) in [5.74, 6) is 1.78. The van der Waals surface area contributed by atoms with Gasteiger partial charge in [0, 0.05) is 12.6 Å². The molecule has 1 saturated heterocycles. The van der Waals surface area contributed by atoms with E-state index in [9.17, 15) is 8.42 Å². The van der Waals surface area contributed by atoms with Crippen molar-refractivity contribution < 1.29 is 8.42 Å². The Labute approximate surface area is 116 Å². The van der Waals surface area contributed by atoms with E-state index in [1.165, 1.54) is 0 Å². The van der Waals surface area contributed by atoms with E-state index in [1.54, 1.807) is 6.07 Å². The average Bonchev–Trinajstić information content (AvgIpc) is 2.77. The van der Waals surface area contributed by atoms with E-state index in [1.807, 2.05) is 16.7 Å². The first-order valence-electron chi connectivity index (χ1n) is 6.24. The molecule has 0 aromatic carbocycles. The zero-order valence-corrected chi connectivity index (χ0v) is 11.9. The van der Waals surface area contributed by atoms with Crippen LogP contribution in [-0.4, -0.2) is 34.5 Å². The van der Waals surface area contributed by atoms with Gasteiger partial charge in [0.15, 0.2) is 5.65 Å². The smallest absolute Gasteiger partial charge is 0.179 e. The lowest BCUT2D eigenvalue weighted by Crippen LogP contribution is -2.25. The first-order chi connectivity index (χ1) is 9.05. The van der Waals surface area contributed by atoms with Crippen molar-refractivity contribution in [2.24, 2.45) is 5.92 Å². The Morgan fingerprint density at radius 3 is 2.79 bits per heavy atom. The minimum Gasteiger partial charge on any atom is -0.285 e. The second kappa shape index (κ2) is 4.76. The molecule has 2 aromatic rings. The lowest BCUT2D eigenvalue weighted by Gasteiger charge is -2.20. The molecule has 102 valence electrons. The van der Waals surface area contributed by atoms with E-state index in [0.717, 1.165) is 12.2 Å². The number of sulfone groups is 1. The number of hydrogen-bond acceptors (Lipinski definition) is 4. The Hall–Kier alpha value is -1.14. The Bertz CT molecular complexity index is 697. The number of halogens is 1. The van der Waals surface area contributed by atoms with Gasteiger partial charge in [-0.2, -0.15) is 0 Å². The minimum atomic E-state index is -2.81. The molecule has 5 nitrogen and oxygen atoms in total. The molecule has 0 unspecified atom stereocenters. The Morgan fingerprint density at radius 1 is 1.32 bits per heavy atom. The van der Waals surface area contributed by atoms with Gasteiger partial charge in [0.2, 0.25) is 0 Å². The predicted molar refractivity (Wildman–Crippen MR) is 73.1 cm³/mol. The van der Waals surface area contributed by atoms with Crippen molar-refractivity contribution in [3.05, 3.63) is 29.2 Å². The largest absolute Gasteiger partial charge is 0.285 e. The van der Waals surface area contributed by atoms with Crippen molar-refractivity contribution in [3.63, 3.8) is 0 Å². The third-order valence-corrected chi connectivity index (χ3v) is 5.61. The molecule has 0 bridgehead atoms. The number of aromatic nitrogens is 3. The summed E-state index contributed by atoms with van der Waals surface area (Å²) >= 11 is 6.05. The maximum absolute atomic E-state index is 11.4. The molecule has 0 aliphatic carbocycles. The van der Waals surface area contributed by atoms with Gasteiger partial charge in [-0.25, -0.2) is 8.42 Å². The fraction of sp³-hybridized carbons (Fsp3) is 0.500. The number of fused-ring (bicyclic) bond motifs is 1. The molecule has 0 spiro atoms. The van der Waals surface area contributed by atoms with Gasteiger partial charge in [-0.05, 0) is 30.9 Å². The molecule has 7 heteroatoms. The van der Waals surface area contributed by atoms with Crippen molar-refractivity contribution in [1.82, 2.24) is 14.6 Å². The first kappa shape index (κ1) is 12.9. The zero-order chi connectivity index (χ0) is 13.5. The summed E-state index contributed by atoms with van der Waals surface area (Å²) in [6.45, 7) is 0. The fourth-order valence-electron chi connectivity index (χ4n) is 2.47. The molecule has 3 rings (SSSR count). The van der Waals surface area contributed by atoms with Gasteiger partial charge < -0.3 is 0 Å². The molecule has 0 amide bonds. The SMILES string of the molecule is O=S1(=O)CCC(Cc2nnc3c(Cl)cccn23)CC1. The van der Waals surface area contributed by atoms with E-state index in [-0.39, 0.29) is 11.5 Å². The number of nitrogens with zero attached hydrogens (tertiary/aromatic N) is 3. The highest BCUT2D eigenvalue weighted by molar-refractivity contribution is 7.91. The molecule has 3 heterocycles. The van der Waals surface area contributed by atoms with Gasteiger partial charge >= 0.3 is 0 Å². The third kappa shape index (κ3) is 2.60. The Kier molecular flexibility index (Phi) is 3.22. The third-order valence-electron chi connectivity index (χ3n) is 3.60. The van der Waals surface area contributed by atoms with Crippen LogP contribution in [-0.2, 0) is 16.3 Å². The Morgan fingerprint density at radius 2 is 2.05 bits per heavy atom. The van der Waals surface area contributed by atoms with E-state index in [2.05, 4.69) is 10.2 Å². The Balaban J connectivity index is 1.81. The molecule has 0 saturated carbocycles. The van der Waals surface area contributed by atoms with Crippen LogP contribution in [0.5, 0.6) is 0 Å². The summed E-state index contributed by atoms with van der Waals surface area (Å²) in [5.41, 5.74) is 0.655. The molecule has 1 fully saturated rings. The van der Waals surface area contributed by atoms with Crippen LogP contribution in [0.1, 0.15) is 18.7 Å². The normalized spacial score (nSPS) is 19.8. The number of pyridine rings is 1. The van der Waals surface area contributed by atoms with Gasteiger partial charge in [0.05, 0.1) is 16.5 Å². The van der Waals surface area contributed by atoms with Crippen LogP contribution in [0.2, 0.25) is 5.02 Å². The highest BCUT2D eigenvalue weighted by atomic mass is 35.5. The zero-order valence-electron chi connectivity index (χ0n) is 10.3. The molecule has 0 atom stereocenters. The van der Waals surface area contributed by atoms with Gasteiger partial charge in [0.1, 0.15) is 15.7 Å². The molecule has 2 aromatic heterocycles. The topological polar surface area (TPSA) is 64.3 Å². The fourth-order valence-corrected chi connectivity index (χ4v) is 4.26. The van der Waals surface area contributed by atoms with Crippen molar-refractivity contribution in [3.8, 4) is 0 Å². The van der Waals surface area contributed by atoms with Crippen LogP contribution in [0.3, 0.4) is 0 Å². The highest BCUT2D eigenvalue weighted by Crippen LogP contribution is 2.23. The first-order valence-corrected chi connectivity index (χ1v) is 8.44. The lowest BCUT2D eigenvalue weighted by atomic mass is 9.98. The molecular weight excluding hydrogens is 286 g/mol. The van der Waals surface area contributed by atoms with Crippen LogP contribution >= 0.6 is 11.6 Å². The predicted octanol–water partition coefficient (Wildman–Crippen LogP) is 1.75. The van der Waals surface area contributed by atoms with E-state index in [4.69, 9.17) is 11.6 Å². The molecular formula is C12H14ClN3O2S. The van der Waals surface area contributed by atoms with Gasteiger partial charge in [-0.3, -0.25) is 4.40 Å². The van der Waals surface area contributed by atoms with Crippen LogP contribution in [0.25, 0.3) is 5.65 Å². The summed E-state index contributed by atoms with van der Waals surface area (Å²) < 4.78 is 24.7. The van der Waals surface area contributed by atoms with E-state index >= 15 is 0 Å². The second-order valence-electron chi connectivity index (χ2n) is 4.97. The quantitative estimate of drug-likeness (QED) is 0.847. The van der Waals surface area contributed by atoms with Crippen molar-refractivity contribution in [2.75, 3.05) is 11.5 Å². The van der Waals surface area contributed by atoms with Gasteiger partial charge in [-0.15, -0.1) is 10.2 Å². The number of rotatable bonds is 2. The second-order valence-corrected chi connectivity index (χ2v) is 7.68. The lowest BCUT2D eigenvalue weighted by molar-refractivity contribution is 0.452. The summed E-state index contributed by atoms with van der Waals surface area (Å²) in [7, 11) is -2.81.